The van der Waals surface area contributed by atoms with Gasteiger partial charge in [-0.05, 0) is 49.2 Å². The monoisotopic (exact) mass is 856 g/mol. The molecule has 0 spiro atoms. The summed E-state index contributed by atoms with van der Waals surface area (Å²) in [7, 11) is 0. The number of aryl methyl sites for hydroxylation is 2. The van der Waals surface area contributed by atoms with Crippen LogP contribution in [-0.4, -0.2) is 45.5 Å². The van der Waals surface area contributed by atoms with Crippen LogP contribution in [0.5, 0.6) is 11.5 Å². The quantitative estimate of drug-likeness (QED) is 0.156. The lowest BCUT2D eigenvalue weighted by molar-refractivity contribution is -0.0519. The molecular weight excluding hydrogens is 826 g/mol. The molecule has 0 amide bonds. The van der Waals surface area contributed by atoms with Crippen molar-refractivity contribution in [2.24, 2.45) is 0 Å². The summed E-state index contributed by atoms with van der Waals surface area (Å²) < 4.78 is 103. The van der Waals surface area contributed by atoms with Crippen LogP contribution >= 0.6 is 34.0 Å². The highest BCUT2D eigenvalue weighted by Gasteiger charge is 2.30. The Morgan fingerprint density at radius 1 is 0.635 bits per heavy atom. The van der Waals surface area contributed by atoms with Crippen molar-refractivity contribution in [1.82, 2.24) is 19.1 Å². The maximum atomic E-state index is 13.9. The van der Waals surface area contributed by atoms with Crippen molar-refractivity contribution in [1.29, 1.82) is 0 Å². The summed E-state index contributed by atoms with van der Waals surface area (Å²) in [6.07, 6.45) is 0. The van der Waals surface area contributed by atoms with Crippen LogP contribution in [0.1, 0.15) is 46.0 Å². The Bertz CT molecular complexity index is 2040. The Morgan fingerprint density at radius 3 is 1.40 bits per heavy atom. The number of benzene rings is 4. The molecule has 0 aliphatic carbocycles. The van der Waals surface area contributed by atoms with Gasteiger partial charge < -0.3 is 28.1 Å². The van der Waals surface area contributed by atoms with Gasteiger partial charge in [-0.25, -0.2) is 18.7 Å². The van der Waals surface area contributed by atoms with Crippen LogP contribution in [0, 0.1) is 25.5 Å². The normalized spacial score (nSPS) is 16.4. The fraction of sp³-hybridized carbons (Fsp3) is 0.278. The van der Waals surface area contributed by atoms with E-state index in [0.29, 0.717) is 58.1 Å². The summed E-state index contributed by atoms with van der Waals surface area (Å²) in [6.45, 7) is -1.33. The summed E-state index contributed by atoms with van der Waals surface area (Å²) in [6, 6.07) is 18.7. The number of halogens is 8. The van der Waals surface area contributed by atoms with Gasteiger partial charge in [0.1, 0.15) is 48.0 Å². The van der Waals surface area contributed by atoms with Gasteiger partial charge in [0, 0.05) is 23.3 Å². The molecule has 0 radical (unpaired) electrons. The van der Waals surface area contributed by atoms with Crippen LogP contribution in [0.4, 0.5) is 26.3 Å². The van der Waals surface area contributed by atoms with E-state index in [9.17, 15) is 26.3 Å². The van der Waals surface area contributed by atoms with Gasteiger partial charge in [0.15, 0.2) is 0 Å². The van der Waals surface area contributed by atoms with Crippen LogP contribution in [0.25, 0.3) is 22.1 Å². The Balaban J connectivity index is 0.000000194. The van der Waals surface area contributed by atoms with E-state index in [1.165, 1.54) is 24.3 Å². The van der Waals surface area contributed by atoms with Crippen molar-refractivity contribution >= 4 is 56.0 Å². The fourth-order valence-electron chi connectivity index (χ4n) is 6.49. The van der Waals surface area contributed by atoms with E-state index in [0.717, 1.165) is 11.0 Å². The summed E-state index contributed by atoms with van der Waals surface area (Å²) in [5.41, 5.74) is 4.66. The Hall–Kier alpha value is -4.12. The summed E-state index contributed by atoms with van der Waals surface area (Å²) in [5.74, 6) is 0.786. The molecule has 2 aliphatic rings. The molecule has 0 saturated heterocycles. The van der Waals surface area contributed by atoms with E-state index in [2.05, 4.69) is 19.4 Å². The zero-order valence-electron chi connectivity index (χ0n) is 27.6. The van der Waals surface area contributed by atoms with E-state index >= 15 is 0 Å². The number of ether oxygens (including phenoxy) is 4. The lowest BCUT2D eigenvalue weighted by Gasteiger charge is -2.28. The highest BCUT2D eigenvalue weighted by Crippen LogP contribution is 2.37. The first-order valence-corrected chi connectivity index (χ1v) is 15.7. The molecule has 2 aromatic heterocycles. The van der Waals surface area contributed by atoms with E-state index in [-0.39, 0.29) is 82.4 Å². The third kappa shape index (κ3) is 7.65. The number of fused-ring (bicyclic) bond motifs is 6. The minimum Gasteiger partial charge on any atom is -0.434 e. The number of imidazole rings is 2. The van der Waals surface area contributed by atoms with Gasteiger partial charge in [-0.3, -0.25) is 0 Å². The smallest absolute Gasteiger partial charge is 0.387 e. The number of para-hydroxylation sites is 2. The molecule has 2 atom stereocenters. The third-order valence-corrected chi connectivity index (χ3v) is 8.71. The van der Waals surface area contributed by atoms with Gasteiger partial charge in [0.2, 0.25) is 0 Å². The second kappa shape index (κ2) is 16.3. The summed E-state index contributed by atoms with van der Waals surface area (Å²) in [5, 5.41) is 0. The SMILES string of the molecule is Br.Br.Cc1cc2c(cc1F)nc1n2[C@@H](c2ccccc2OC(F)F)COC1.Cc1cc2c(cc1F)nc1n2[C@H](c2ccccc2OC(F)F)COC1. The zero-order chi connectivity index (χ0) is 35.1. The van der Waals surface area contributed by atoms with Crippen molar-refractivity contribution in [2.45, 2.75) is 52.4 Å². The molecule has 0 unspecified atom stereocenters. The second-order valence-corrected chi connectivity index (χ2v) is 11.9. The molecule has 0 fully saturated rings. The molecule has 4 heterocycles. The number of hydrogen-bond donors (Lipinski definition) is 0. The summed E-state index contributed by atoms with van der Waals surface area (Å²) >= 11 is 0. The topological polar surface area (TPSA) is 72.6 Å². The van der Waals surface area contributed by atoms with E-state index in [4.69, 9.17) is 9.47 Å². The summed E-state index contributed by atoms with van der Waals surface area (Å²) in [4.78, 5) is 8.86. The lowest BCUT2D eigenvalue weighted by Crippen LogP contribution is -2.25. The van der Waals surface area contributed by atoms with Gasteiger partial charge in [-0.1, -0.05) is 36.4 Å². The second-order valence-electron chi connectivity index (χ2n) is 11.9. The minimum absolute atomic E-state index is 0. The van der Waals surface area contributed by atoms with Crippen LogP contribution in [0.3, 0.4) is 0 Å². The molecule has 0 saturated carbocycles. The van der Waals surface area contributed by atoms with E-state index in [1.54, 1.807) is 62.4 Å². The third-order valence-electron chi connectivity index (χ3n) is 8.71. The minimum atomic E-state index is -2.92. The predicted molar refractivity (Wildman–Crippen MR) is 191 cm³/mol. The zero-order valence-corrected chi connectivity index (χ0v) is 31.0. The highest BCUT2D eigenvalue weighted by atomic mass is 79.9. The van der Waals surface area contributed by atoms with Gasteiger partial charge in [-0.2, -0.15) is 17.6 Å². The first kappa shape index (κ1) is 39.1. The van der Waals surface area contributed by atoms with Crippen LogP contribution in [0.2, 0.25) is 0 Å². The molecule has 4 aromatic carbocycles. The van der Waals surface area contributed by atoms with Crippen molar-refractivity contribution < 1.29 is 45.3 Å². The van der Waals surface area contributed by atoms with Crippen molar-refractivity contribution in [3.8, 4) is 11.5 Å². The molecule has 8 rings (SSSR count). The number of hydrogen-bond acceptors (Lipinski definition) is 6. The molecule has 0 N–H and O–H groups in total. The molecule has 16 heteroatoms. The lowest BCUT2D eigenvalue weighted by atomic mass is 10.0. The van der Waals surface area contributed by atoms with Crippen molar-refractivity contribution in [3.63, 3.8) is 0 Å². The Kier molecular flexibility index (Phi) is 12.2. The Labute approximate surface area is 314 Å². The highest BCUT2D eigenvalue weighted by molar-refractivity contribution is 8.93. The van der Waals surface area contributed by atoms with Gasteiger partial charge in [0.05, 0.1) is 47.4 Å². The Morgan fingerprint density at radius 2 is 1.02 bits per heavy atom. The number of aromatic nitrogens is 4. The molecule has 0 bridgehead atoms. The molecule has 52 heavy (non-hydrogen) atoms. The van der Waals surface area contributed by atoms with Crippen LogP contribution in [0.15, 0.2) is 72.8 Å². The molecule has 276 valence electrons. The standard InChI is InChI=1S/2C18H15F3N2O2.2BrH/c2*1-10-6-14-13(7-12(10)19)22-17-9-24-8-15(23(14)17)11-4-2-3-5-16(11)25-18(20)21;;/h2*2-7,15,18H,8-9H2,1H3;2*1H/t2*15-;;/m10../s1. The van der Waals surface area contributed by atoms with Gasteiger partial charge >= 0.3 is 13.2 Å². The van der Waals surface area contributed by atoms with E-state index < -0.39 is 13.2 Å². The first-order chi connectivity index (χ1) is 24.1. The number of rotatable bonds is 6. The van der Waals surface area contributed by atoms with Crippen molar-refractivity contribution in [3.05, 3.63) is 118 Å². The average molecular weight is 858 g/mol. The van der Waals surface area contributed by atoms with Gasteiger partial charge in [-0.15, -0.1) is 34.0 Å². The van der Waals surface area contributed by atoms with Crippen LogP contribution < -0.4 is 9.47 Å². The van der Waals surface area contributed by atoms with E-state index in [1.807, 2.05) is 9.13 Å². The van der Waals surface area contributed by atoms with Gasteiger partial charge in [0.25, 0.3) is 0 Å². The van der Waals surface area contributed by atoms with Crippen LogP contribution in [-0.2, 0) is 22.7 Å². The number of nitrogens with zero attached hydrogens (tertiary/aromatic N) is 4. The largest absolute Gasteiger partial charge is 0.434 e. The molecule has 8 nitrogen and oxygen atoms in total. The number of alkyl halides is 4. The molecule has 2 aliphatic heterocycles. The fourth-order valence-corrected chi connectivity index (χ4v) is 6.49. The maximum absolute atomic E-state index is 13.9. The average Bonchev–Trinajstić information content (AvgIpc) is 3.62. The predicted octanol–water partition coefficient (Wildman–Crippen LogP) is 9.57. The maximum Gasteiger partial charge on any atom is 0.387 e. The van der Waals surface area contributed by atoms with Crippen molar-refractivity contribution in [2.75, 3.05) is 13.2 Å². The molecule has 6 aromatic rings. The molecular formula is C36H32Br2F6N4O4. The first-order valence-electron chi connectivity index (χ1n) is 15.7.